The summed E-state index contributed by atoms with van der Waals surface area (Å²) in [4.78, 5) is 14.6. The molecule has 0 aromatic heterocycles. The third kappa shape index (κ3) is 5.54. The van der Waals surface area contributed by atoms with Gasteiger partial charge in [0.05, 0.1) is 36.6 Å². The molecule has 0 unspecified atom stereocenters. The van der Waals surface area contributed by atoms with Crippen LogP contribution in [0, 0.1) is 5.82 Å². The number of amides is 1. The van der Waals surface area contributed by atoms with E-state index >= 15 is 0 Å². The van der Waals surface area contributed by atoms with Gasteiger partial charge in [-0.25, -0.2) is 4.39 Å². The number of methoxy groups -OCH3 is 1. The number of hydrogen-bond donors (Lipinski definition) is 2. The molecular formula is C18H21Cl3FN3O3. The molecule has 1 heterocycles. The van der Waals surface area contributed by atoms with E-state index in [0.717, 1.165) is 0 Å². The van der Waals surface area contributed by atoms with Gasteiger partial charge in [-0.1, -0.05) is 11.6 Å². The van der Waals surface area contributed by atoms with Crippen LogP contribution in [0.25, 0.3) is 0 Å². The third-order valence-corrected chi connectivity index (χ3v) is 4.41. The fraction of sp³-hybridized carbons (Fsp3) is 0.278. The smallest absolute Gasteiger partial charge is 0.259 e. The zero-order valence-electron chi connectivity index (χ0n) is 15.0. The lowest BCUT2D eigenvalue weighted by Gasteiger charge is -2.29. The van der Waals surface area contributed by atoms with Crippen molar-refractivity contribution in [2.24, 2.45) is 0 Å². The first-order chi connectivity index (χ1) is 12.5. The van der Waals surface area contributed by atoms with Gasteiger partial charge in [0.2, 0.25) is 0 Å². The minimum absolute atomic E-state index is 0. The van der Waals surface area contributed by atoms with Crippen molar-refractivity contribution in [1.29, 1.82) is 0 Å². The second-order valence-corrected chi connectivity index (χ2v) is 6.23. The molecule has 0 radical (unpaired) electrons. The van der Waals surface area contributed by atoms with Crippen molar-refractivity contribution in [2.75, 3.05) is 49.4 Å². The van der Waals surface area contributed by atoms with Gasteiger partial charge in [-0.2, -0.15) is 0 Å². The summed E-state index contributed by atoms with van der Waals surface area (Å²) in [5.41, 5.74) is 7.27. The first kappa shape index (κ1) is 24.1. The highest BCUT2D eigenvalue weighted by atomic mass is 35.5. The van der Waals surface area contributed by atoms with Crippen LogP contribution in [0.5, 0.6) is 5.75 Å². The van der Waals surface area contributed by atoms with Crippen LogP contribution in [-0.4, -0.2) is 39.3 Å². The average molecular weight is 453 g/mol. The number of nitrogens with zero attached hydrogens (tertiary/aromatic N) is 1. The van der Waals surface area contributed by atoms with Gasteiger partial charge in [-0.05, 0) is 24.3 Å². The molecule has 3 rings (SSSR count). The Balaban J connectivity index is 0.00000196. The van der Waals surface area contributed by atoms with Gasteiger partial charge in [-0.15, -0.1) is 24.8 Å². The molecule has 10 heteroatoms. The van der Waals surface area contributed by atoms with E-state index < -0.39 is 11.7 Å². The molecule has 1 fully saturated rings. The van der Waals surface area contributed by atoms with Crippen molar-refractivity contribution in [3.8, 4) is 5.75 Å². The molecule has 0 saturated carbocycles. The molecule has 0 aliphatic carbocycles. The molecule has 0 atom stereocenters. The Bertz CT molecular complexity index is 833. The van der Waals surface area contributed by atoms with Crippen molar-refractivity contribution in [1.82, 2.24) is 0 Å². The zero-order chi connectivity index (χ0) is 18.7. The lowest BCUT2D eigenvalue weighted by molar-refractivity contribution is 0.102. The molecule has 2 aromatic rings. The predicted octanol–water partition coefficient (Wildman–Crippen LogP) is 4.00. The number of anilines is 3. The summed E-state index contributed by atoms with van der Waals surface area (Å²) in [5.74, 6) is -0.622. The van der Waals surface area contributed by atoms with Crippen LogP contribution in [0.3, 0.4) is 0 Å². The maximum Gasteiger partial charge on any atom is 0.259 e. The van der Waals surface area contributed by atoms with Gasteiger partial charge in [0, 0.05) is 30.5 Å². The van der Waals surface area contributed by atoms with E-state index in [-0.39, 0.29) is 41.1 Å². The highest BCUT2D eigenvalue weighted by molar-refractivity contribution is 6.33. The summed E-state index contributed by atoms with van der Waals surface area (Å²) in [6.07, 6.45) is 0. The highest BCUT2D eigenvalue weighted by Crippen LogP contribution is 2.30. The summed E-state index contributed by atoms with van der Waals surface area (Å²) >= 11 is 6.00. The molecule has 6 nitrogen and oxygen atoms in total. The van der Waals surface area contributed by atoms with Crippen molar-refractivity contribution < 1.29 is 18.7 Å². The van der Waals surface area contributed by atoms with Crippen LogP contribution in [0.1, 0.15) is 10.4 Å². The van der Waals surface area contributed by atoms with E-state index in [0.29, 0.717) is 43.4 Å². The monoisotopic (exact) mass is 451 g/mol. The number of nitrogens with one attached hydrogen (secondary N) is 1. The molecule has 1 amide bonds. The fourth-order valence-corrected chi connectivity index (χ4v) is 2.93. The van der Waals surface area contributed by atoms with E-state index in [1.165, 1.54) is 31.4 Å². The van der Waals surface area contributed by atoms with Crippen molar-refractivity contribution >= 4 is 59.4 Å². The Morgan fingerprint density at radius 1 is 1.21 bits per heavy atom. The molecule has 154 valence electrons. The van der Waals surface area contributed by atoms with Crippen LogP contribution in [0.2, 0.25) is 5.02 Å². The van der Waals surface area contributed by atoms with E-state index in [1.807, 2.05) is 4.90 Å². The molecular weight excluding hydrogens is 432 g/mol. The SMILES string of the molecule is COc1cc(N)c(Cl)cc1C(=O)Nc1cc(F)cc(N2CCOCC2)c1.Cl.Cl. The maximum absolute atomic E-state index is 14.0. The van der Waals surface area contributed by atoms with E-state index in [4.69, 9.17) is 26.8 Å². The van der Waals surface area contributed by atoms with E-state index in [2.05, 4.69) is 5.32 Å². The number of rotatable bonds is 4. The number of nitrogen functional groups attached to an aromatic ring is 1. The van der Waals surface area contributed by atoms with Crippen LogP contribution >= 0.6 is 36.4 Å². The van der Waals surface area contributed by atoms with Gasteiger partial charge in [0.1, 0.15) is 11.6 Å². The summed E-state index contributed by atoms with van der Waals surface area (Å²) < 4.78 is 24.5. The fourth-order valence-electron chi connectivity index (χ4n) is 2.76. The number of carbonyl (C=O) groups is 1. The van der Waals surface area contributed by atoms with Gasteiger partial charge in [0.25, 0.3) is 5.91 Å². The minimum Gasteiger partial charge on any atom is -0.496 e. The van der Waals surface area contributed by atoms with Crippen molar-refractivity contribution in [3.63, 3.8) is 0 Å². The number of halogens is 4. The molecule has 1 aliphatic rings. The average Bonchev–Trinajstić information content (AvgIpc) is 2.63. The first-order valence-corrected chi connectivity index (χ1v) is 8.43. The molecule has 2 aromatic carbocycles. The predicted molar refractivity (Wildman–Crippen MR) is 114 cm³/mol. The number of nitrogens with two attached hydrogens (primary N) is 1. The van der Waals surface area contributed by atoms with Gasteiger partial charge < -0.3 is 25.4 Å². The van der Waals surface area contributed by atoms with Crippen LogP contribution in [-0.2, 0) is 4.74 Å². The quantitative estimate of drug-likeness (QED) is 0.686. The van der Waals surface area contributed by atoms with Crippen LogP contribution < -0.4 is 20.7 Å². The molecule has 28 heavy (non-hydrogen) atoms. The first-order valence-electron chi connectivity index (χ1n) is 8.05. The topological polar surface area (TPSA) is 76.8 Å². The highest BCUT2D eigenvalue weighted by Gasteiger charge is 2.17. The van der Waals surface area contributed by atoms with Gasteiger partial charge >= 0.3 is 0 Å². The Labute approximate surface area is 179 Å². The Morgan fingerprint density at radius 2 is 1.89 bits per heavy atom. The standard InChI is InChI=1S/C18H19ClFN3O3.2ClH/c1-25-17-10-16(21)15(19)9-14(17)18(24)22-12-6-11(20)7-13(8-12)23-2-4-26-5-3-23;;/h6-10H,2-5,21H2,1H3,(H,22,24);2*1H. The van der Waals surface area contributed by atoms with Gasteiger partial charge in [0.15, 0.2) is 0 Å². The van der Waals surface area contributed by atoms with Crippen LogP contribution in [0.4, 0.5) is 21.5 Å². The molecule has 0 bridgehead atoms. The Morgan fingerprint density at radius 3 is 2.54 bits per heavy atom. The molecule has 0 spiro atoms. The Hall–Kier alpha value is -1.93. The summed E-state index contributed by atoms with van der Waals surface area (Å²) in [5, 5.41) is 2.92. The summed E-state index contributed by atoms with van der Waals surface area (Å²) in [6, 6.07) is 7.31. The normalized spacial score (nSPS) is 13.2. The lowest BCUT2D eigenvalue weighted by atomic mass is 10.1. The number of ether oxygens (including phenoxy) is 2. The molecule has 1 aliphatic heterocycles. The summed E-state index contributed by atoms with van der Waals surface area (Å²) in [7, 11) is 1.43. The molecule has 1 saturated heterocycles. The molecule has 3 N–H and O–H groups in total. The van der Waals surface area contributed by atoms with Crippen molar-refractivity contribution in [3.05, 3.63) is 46.7 Å². The second-order valence-electron chi connectivity index (χ2n) is 5.83. The minimum atomic E-state index is -0.470. The number of morpholine rings is 1. The number of benzene rings is 2. The second kappa shape index (κ2) is 10.6. The van der Waals surface area contributed by atoms with Gasteiger partial charge in [-0.3, -0.25) is 4.79 Å². The van der Waals surface area contributed by atoms with E-state index in [9.17, 15) is 9.18 Å². The Kier molecular flexibility index (Phi) is 9.10. The zero-order valence-corrected chi connectivity index (χ0v) is 17.4. The number of hydrogen-bond acceptors (Lipinski definition) is 5. The lowest BCUT2D eigenvalue weighted by Crippen LogP contribution is -2.36. The number of carbonyl (C=O) groups excluding carboxylic acids is 1. The summed E-state index contributed by atoms with van der Waals surface area (Å²) in [6.45, 7) is 2.50. The van der Waals surface area contributed by atoms with Crippen molar-refractivity contribution in [2.45, 2.75) is 0 Å². The van der Waals surface area contributed by atoms with Crippen LogP contribution in [0.15, 0.2) is 30.3 Å². The largest absolute Gasteiger partial charge is 0.496 e. The third-order valence-electron chi connectivity index (χ3n) is 4.08. The van der Waals surface area contributed by atoms with E-state index in [1.54, 1.807) is 6.07 Å². The maximum atomic E-state index is 14.0.